The van der Waals surface area contributed by atoms with Gasteiger partial charge in [0.2, 0.25) is 5.91 Å². The molecule has 0 bridgehead atoms. The van der Waals surface area contributed by atoms with Gasteiger partial charge in [-0.15, -0.1) is 0 Å². The largest absolute Gasteiger partial charge is 0.394 e. The SMILES string of the molecule is CC=CC(=O)NC(CO)c1ccccc1. The molecule has 0 saturated carbocycles. The standard InChI is InChI=1S/C12H15NO2/c1-2-6-12(15)13-11(9-14)10-7-4-3-5-8-10/h2-8,11,14H,9H2,1H3,(H,13,15). The summed E-state index contributed by atoms with van der Waals surface area (Å²) in [6.07, 6.45) is 3.10. The van der Waals surface area contributed by atoms with Crippen LogP contribution in [0.15, 0.2) is 42.5 Å². The number of aliphatic hydroxyl groups is 1. The third kappa shape index (κ3) is 3.56. The highest BCUT2D eigenvalue weighted by molar-refractivity contribution is 5.87. The van der Waals surface area contributed by atoms with Crippen LogP contribution in [0.5, 0.6) is 0 Å². The number of nitrogens with one attached hydrogen (secondary N) is 1. The van der Waals surface area contributed by atoms with Crippen LogP contribution in [0, 0.1) is 0 Å². The number of carbonyl (C=O) groups excluding carboxylic acids is 1. The maximum Gasteiger partial charge on any atom is 0.244 e. The van der Waals surface area contributed by atoms with Crippen LogP contribution in [0.3, 0.4) is 0 Å². The van der Waals surface area contributed by atoms with E-state index in [1.165, 1.54) is 6.08 Å². The number of aliphatic hydroxyl groups excluding tert-OH is 1. The maximum absolute atomic E-state index is 11.3. The molecule has 15 heavy (non-hydrogen) atoms. The summed E-state index contributed by atoms with van der Waals surface area (Å²) in [5, 5.41) is 11.9. The molecule has 0 aliphatic rings. The molecule has 1 atom stereocenters. The van der Waals surface area contributed by atoms with Gasteiger partial charge in [0.15, 0.2) is 0 Å². The van der Waals surface area contributed by atoms with E-state index in [2.05, 4.69) is 5.32 Å². The van der Waals surface area contributed by atoms with Crippen LogP contribution in [0.4, 0.5) is 0 Å². The summed E-state index contributed by atoms with van der Waals surface area (Å²) >= 11 is 0. The first kappa shape index (κ1) is 11.5. The average molecular weight is 205 g/mol. The van der Waals surface area contributed by atoms with E-state index in [0.717, 1.165) is 5.56 Å². The molecular formula is C12H15NO2. The lowest BCUT2D eigenvalue weighted by atomic mass is 10.1. The Kier molecular flexibility index (Phi) is 4.57. The predicted molar refractivity (Wildman–Crippen MR) is 59.2 cm³/mol. The summed E-state index contributed by atoms with van der Waals surface area (Å²) in [6.45, 7) is 1.67. The summed E-state index contributed by atoms with van der Waals surface area (Å²) < 4.78 is 0. The molecule has 3 heteroatoms. The van der Waals surface area contributed by atoms with Gasteiger partial charge in [0.05, 0.1) is 12.6 Å². The quantitative estimate of drug-likeness (QED) is 0.730. The normalized spacial score (nSPS) is 12.7. The second-order valence-corrected chi connectivity index (χ2v) is 3.15. The van der Waals surface area contributed by atoms with E-state index in [9.17, 15) is 4.79 Å². The Balaban J connectivity index is 2.69. The Morgan fingerprint density at radius 1 is 1.47 bits per heavy atom. The maximum atomic E-state index is 11.3. The van der Waals surface area contributed by atoms with Crippen LogP contribution in [-0.4, -0.2) is 17.6 Å². The zero-order chi connectivity index (χ0) is 11.1. The number of amides is 1. The lowest BCUT2D eigenvalue weighted by molar-refractivity contribution is -0.117. The van der Waals surface area contributed by atoms with Crippen LogP contribution in [-0.2, 0) is 4.79 Å². The molecule has 1 aromatic rings. The van der Waals surface area contributed by atoms with Gasteiger partial charge in [0, 0.05) is 0 Å². The van der Waals surface area contributed by atoms with Gasteiger partial charge in [0.1, 0.15) is 0 Å². The smallest absolute Gasteiger partial charge is 0.244 e. The zero-order valence-corrected chi connectivity index (χ0v) is 8.68. The van der Waals surface area contributed by atoms with E-state index >= 15 is 0 Å². The molecule has 0 aliphatic heterocycles. The van der Waals surface area contributed by atoms with Gasteiger partial charge in [-0.05, 0) is 18.6 Å². The molecule has 1 rings (SSSR count). The van der Waals surface area contributed by atoms with E-state index in [-0.39, 0.29) is 18.6 Å². The minimum absolute atomic E-state index is 0.104. The van der Waals surface area contributed by atoms with Crippen molar-refractivity contribution in [2.24, 2.45) is 0 Å². The van der Waals surface area contributed by atoms with Crippen molar-refractivity contribution < 1.29 is 9.90 Å². The minimum Gasteiger partial charge on any atom is -0.394 e. The van der Waals surface area contributed by atoms with E-state index < -0.39 is 0 Å². The topological polar surface area (TPSA) is 49.3 Å². The lowest BCUT2D eigenvalue weighted by Gasteiger charge is -2.15. The van der Waals surface area contributed by atoms with Crippen molar-refractivity contribution in [3.8, 4) is 0 Å². The second-order valence-electron chi connectivity index (χ2n) is 3.15. The summed E-state index contributed by atoms with van der Waals surface area (Å²) in [5.74, 6) is -0.194. The van der Waals surface area contributed by atoms with Crippen molar-refractivity contribution in [2.75, 3.05) is 6.61 Å². The van der Waals surface area contributed by atoms with E-state index in [0.29, 0.717) is 0 Å². The van der Waals surface area contributed by atoms with Gasteiger partial charge >= 0.3 is 0 Å². The first-order chi connectivity index (χ1) is 7.27. The van der Waals surface area contributed by atoms with Crippen molar-refractivity contribution >= 4 is 5.91 Å². The fraction of sp³-hybridized carbons (Fsp3) is 0.250. The number of allylic oxidation sites excluding steroid dienone is 1. The van der Waals surface area contributed by atoms with Crippen LogP contribution in [0.2, 0.25) is 0 Å². The van der Waals surface area contributed by atoms with E-state index in [4.69, 9.17) is 5.11 Å². The average Bonchev–Trinajstić information content (AvgIpc) is 2.27. The van der Waals surface area contributed by atoms with Crippen molar-refractivity contribution in [1.29, 1.82) is 0 Å². The Morgan fingerprint density at radius 2 is 2.13 bits per heavy atom. The highest BCUT2D eigenvalue weighted by Gasteiger charge is 2.10. The highest BCUT2D eigenvalue weighted by atomic mass is 16.3. The fourth-order valence-electron chi connectivity index (χ4n) is 1.29. The minimum atomic E-state index is -0.338. The molecule has 0 heterocycles. The van der Waals surface area contributed by atoms with Crippen LogP contribution < -0.4 is 5.32 Å². The van der Waals surface area contributed by atoms with Gasteiger partial charge in [-0.3, -0.25) is 4.79 Å². The van der Waals surface area contributed by atoms with E-state index in [1.807, 2.05) is 30.3 Å². The van der Waals surface area contributed by atoms with Gasteiger partial charge in [0.25, 0.3) is 0 Å². The van der Waals surface area contributed by atoms with Crippen molar-refractivity contribution in [3.63, 3.8) is 0 Å². The summed E-state index contributed by atoms with van der Waals surface area (Å²) in [6, 6.07) is 9.05. The number of benzene rings is 1. The van der Waals surface area contributed by atoms with Crippen LogP contribution in [0.25, 0.3) is 0 Å². The van der Waals surface area contributed by atoms with Crippen molar-refractivity contribution in [1.82, 2.24) is 5.32 Å². The molecule has 0 fully saturated rings. The van der Waals surface area contributed by atoms with E-state index in [1.54, 1.807) is 13.0 Å². The lowest BCUT2D eigenvalue weighted by Crippen LogP contribution is -2.29. The number of carbonyl (C=O) groups is 1. The van der Waals surface area contributed by atoms with Gasteiger partial charge < -0.3 is 10.4 Å². The summed E-state index contributed by atoms with van der Waals surface area (Å²) in [4.78, 5) is 11.3. The molecule has 0 aromatic heterocycles. The molecule has 1 aromatic carbocycles. The second kappa shape index (κ2) is 5.98. The third-order valence-electron chi connectivity index (χ3n) is 2.02. The Hall–Kier alpha value is -1.61. The molecule has 2 N–H and O–H groups in total. The number of hydrogen-bond acceptors (Lipinski definition) is 2. The summed E-state index contributed by atoms with van der Waals surface area (Å²) in [5.41, 5.74) is 0.901. The number of rotatable bonds is 4. The molecule has 0 spiro atoms. The molecular weight excluding hydrogens is 190 g/mol. The first-order valence-corrected chi connectivity index (χ1v) is 4.87. The Morgan fingerprint density at radius 3 is 2.67 bits per heavy atom. The predicted octanol–water partition coefficient (Wildman–Crippen LogP) is 1.41. The Bertz CT molecular complexity index is 333. The number of hydrogen-bond donors (Lipinski definition) is 2. The van der Waals surface area contributed by atoms with Gasteiger partial charge in [-0.2, -0.15) is 0 Å². The first-order valence-electron chi connectivity index (χ1n) is 4.87. The van der Waals surface area contributed by atoms with Crippen LogP contribution in [0.1, 0.15) is 18.5 Å². The third-order valence-corrected chi connectivity index (χ3v) is 2.02. The summed E-state index contributed by atoms with van der Waals surface area (Å²) in [7, 11) is 0. The monoisotopic (exact) mass is 205 g/mol. The molecule has 1 amide bonds. The molecule has 0 radical (unpaired) electrons. The Labute approximate surface area is 89.4 Å². The fourth-order valence-corrected chi connectivity index (χ4v) is 1.29. The van der Waals surface area contributed by atoms with Crippen molar-refractivity contribution in [2.45, 2.75) is 13.0 Å². The molecule has 1 unspecified atom stereocenters. The zero-order valence-electron chi connectivity index (χ0n) is 8.68. The molecule has 3 nitrogen and oxygen atoms in total. The van der Waals surface area contributed by atoms with Crippen molar-refractivity contribution in [3.05, 3.63) is 48.0 Å². The van der Waals surface area contributed by atoms with Gasteiger partial charge in [-0.1, -0.05) is 36.4 Å². The highest BCUT2D eigenvalue weighted by Crippen LogP contribution is 2.11. The van der Waals surface area contributed by atoms with Gasteiger partial charge in [-0.25, -0.2) is 0 Å². The molecule has 0 saturated heterocycles. The van der Waals surface area contributed by atoms with Crippen LogP contribution >= 0.6 is 0 Å². The molecule has 80 valence electrons. The molecule has 0 aliphatic carbocycles.